The minimum absolute atomic E-state index is 0.0399. The van der Waals surface area contributed by atoms with Crippen molar-refractivity contribution in [1.29, 1.82) is 0 Å². The lowest BCUT2D eigenvalue weighted by Gasteiger charge is -2.34. The Hall–Kier alpha value is -1.21. The van der Waals surface area contributed by atoms with Crippen LogP contribution < -0.4 is 14.5 Å². The van der Waals surface area contributed by atoms with E-state index < -0.39 is 0 Å². The molecule has 0 spiro atoms. The molecule has 23 heavy (non-hydrogen) atoms. The van der Waals surface area contributed by atoms with Crippen LogP contribution >= 0.6 is 12.6 Å². The lowest BCUT2D eigenvalue weighted by Crippen LogP contribution is -2.45. The van der Waals surface area contributed by atoms with Crippen LogP contribution in [0.1, 0.15) is 25.0 Å². The van der Waals surface area contributed by atoms with Crippen LogP contribution in [0.15, 0.2) is 0 Å². The van der Waals surface area contributed by atoms with E-state index in [2.05, 4.69) is 34.4 Å². The van der Waals surface area contributed by atoms with Crippen molar-refractivity contribution in [3.05, 3.63) is 5.69 Å². The average Bonchev–Trinajstić information content (AvgIpc) is 3.09. The van der Waals surface area contributed by atoms with Crippen molar-refractivity contribution >= 4 is 24.4 Å². The molecule has 7 heteroatoms. The molecule has 4 rings (SSSR count). The van der Waals surface area contributed by atoms with Crippen LogP contribution in [0.5, 0.6) is 5.75 Å². The van der Waals surface area contributed by atoms with Gasteiger partial charge in [0.05, 0.1) is 5.69 Å². The molecule has 1 atom stereocenters. The summed E-state index contributed by atoms with van der Waals surface area (Å²) in [4.78, 5) is 16.8. The third-order valence-electron chi connectivity index (χ3n) is 4.98. The van der Waals surface area contributed by atoms with E-state index >= 15 is 0 Å². The van der Waals surface area contributed by atoms with Gasteiger partial charge in [0.1, 0.15) is 5.44 Å². The number of rotatable bonds is 2. The Bertz CT molecular complexity index is 570. The van der Waals surface area contributed by atoms with Crippen LogP contribution in [-0.2, 0) is 6.42 Å². The Morgan fingerprint density at radius 1 is 1.00 bits per heavy atom. The third kappa shape index (κ3) is 3.08. The maximum absolute atomic E-state index is 6.01. The summed E-state index contributed by atoms with van der Waals surface area (Å²) in [6, 6.07) is 0. The molecule has 0 bridgehead atoms. The summed E-state index contributed by atoms with van der Waals surface area (Å²) < 4.78 is 6.01. The summed E-state index contributed by atoms with van der Waals surface area (Å²) in [5.74, 6) is 2.73. The molecule has 2 fully saturated rings. The standard InChI is InChI=1S/C16H25N5OS/c1-19-8-10-21(11-9-19)16-17-12-4-5-13(23)22-14(12)15(18-16)20-6-2-3-7-20/h13,23H,2-11H2,1H3. The molecule has 1 unspecified atom stereocenters. The molecule has 1 aromatic rings. The monoisotopic (exact) mass is 335 g/mol. The van der Waals surface area contributed by atoms with Gasteiger partial charge in [0.2, 0.25) is 5.95 Å². The van der Waals surface area contributed by atoms with Crippen LogP contribution in [0.4, 0.5) is 11.8 Å². The van der Waals surface area contributed by atoms with E-state index in [0.717, 1.165) is 75.3 Å². The highest BCUT2D eigenvalue weighted by Gasteiger charge is 2.29. The van der Waals surface area contributed by atoms with Gasteiger partial charge < -0.3 is 19.4 Å². The number of hydrogen-bond donors (Lipinski definition) is 1. The number of fused-ring (bicyclic) bond motifs is 1. The summed E-state index contributed by atoms with van der Waals surface area (Å²) >= 11 is 4.50. The zero-order valence-electron chi connectivity index (χ0n) is 13.7. The van der Waals surface area contributed by atoms with E-state index in [1.165, 1.54) is 12.8 Å². The molecular weight excluding hydrogens is 310 g/mol. The van der Waals surface area contributed by atoms with Gasteiger partial charge in [0.25, 0.3) is 0 Å². The molecule has 0 N–H and O–H groups in total. The number of thiol groups is 1. The Morgan fingerprint density at radius 3 is 2.48 bits per heavy atom. The predicted octanol–water partition coefficient (Wildman–Crippen LogP) is 1.41. The largest absolute Gasteiger partial charge is 0.474 e. The van der Waals surface area contributed by atoms with Gasteiger partial charge in [-0.25, -0.2) is 4.98 Å². The molecule has 1 aromatic heterocycles. The van der Waals surface area contributed by atoms with Gasteiger partial charge in [-0.1, -0.05) is 0 Å². The summed E-state index contributed by atoms with van der Waals surface area (Å²) in [6.07, 6.45) is 4.29. The van der Waals surface area contributed by atoms with Crippen LogP contribution in [0.25, 0.3) is 0 Å². The quantitative estimate of drug-likeness (QED) is 0.825. The fourth-order valence-electron chi connectivity index (χ4n) is 3.51. The summed E-state index contributed by atoms with van der Waals surface area (Å²) in [5.41, 5.74) is 1.02. The maximum Gasteiger partial charge on any atom is 0.227 e. The molecule has 0 saturated carbocycles. The van der Waals surface area contributed by atoms with E-state index in [0.29, 0.717) is 0 Å². The number of aromatic nitrogens is 2. The highest BCUT2D eigenvalue weighted by molar-refractivity contribution is 7.80. The van der Waals surface area contributed by atoms with Crippen molar-refractivity contribution in [3.63, 3.8) is 0 Å². The molecule has 2 saturated heterocycles. The molecule has 4 heterocycles. The zero-order valence-corrected chi connectivity index (χ0v) is 14.6. The average molecular weight is 335 g/mol. The second-order valence-electron chi connectivity index (χ2n) is 6.72. The Labute approximate surface area is 143 Å². The first kappa shape index (κ1) is 15.3. The van der Waals surface area contributed by atoms with E-state index in [-0.39, 0.29) is 5.44 Å². The number of hydrogen-bond acceptors (Lipinski definition) is 7. The third-order valence-corrected chi connectivity index (χ3v) is 5.34. The molecule has 6 nitrogen and oxygen atoms in total. The number of aryl methyl sites for hydroxylation is 1. The van der Waals surface area contributed by atoms with Crippen LogP contribution in [0.2, 0.25) is 0 Å². The van der Waals surface area contributed by atoms with Crippen molar-refractivity contribution in [2.75, 3.05) is 56.1 Å². The van der Waals surface area contributed by atoms with Gasteiger partial charge in [-0.15, -0.1) is 12.6 Å². The summed E-state index contributed by atoms with van der Waals surface area (Å²) in [6.45, 7) is 6.23. The minimum atomic E-state index is -0.0399. The van der Waals surface area contributed by atoms with Crippen LogP contribution in [-0.4, -0.2) is 66.6 Å². The Morgan fingerprint density at radius 2 is 1.74 bits per heavy atom. The normalized spacial score (nSPS) is 25.4. The first-order valence-corrected chi connectivity index (χ1v) is 9.16. The highest BCUT2D eigenvalue weighted by Crippen LogP contribution is 2.38. The van der Waals surface area contributed by atoms with Crippen molar-refractivity contribution < 1.29 is 4.74 Å². The van der Waals surface area contributed by atoms with Gasteiger partial charge in [-0.2, -0.15) is 4.98 Å². The molecule has 0 radical (unpaired) electrons. The van der Waals surface area contributed by atoms with Gasteiger partial charge in [0, 0.05) is 39.3 Å². The molecule has 3 aliphatic rings. The molecular formula is C16H25N5OS. The van der Waals surface area contributed by atoms with E-state index in [1.54, 1.807) is 0 Å². The van der Waals surface area contributed by atoms with Gasteiger partial charge in [-0.05, 0) is 32.7 Å². The highest BCUT2D eigenvalue weighted by atomic mass is 32.1. The molecule has 126 valence electrons. The summed E-state index contributed by atoms with van der Waals surface area (Å²) in [7, 11) is 2.17. The van der Waals surface area contributed by atoms with Crippen LogP contribution in [0, 0.1) is 0 Å². The van der Waals surface area contributed by atoms with Crippen molar-refractivity contribution in [2.24, 2.45) is 0 Å². The van der Waals surface area contributed by atoms with Crippen molar-refractivity contribution in [2.45, 2.75) is 31.1 Å². The first-order chi connectivity index (χ1) is 11.2. The van der Waals surface area contributed by atoms with Gasteiger partial charge in [-0.3, -0.25) is 0 Å². The fourth-order valence-corrected chi connectivity index (χ4v) is 3.74. The molecule has 3 aliphatic heterocycles. The van der Waals surface area contributed by atoms with E-state index in [4.69, 9.17) is 14.7 Å². The SMILES string of the molecule is CN1CCN(c2nc3c(c(N4CCCC4)n2)OC(S)CC3)CC1. The number of nitrogens with zero attached hydrogens (tertiary/aromatic N) is 5. The molecule has 0 aliphatic carbocycles. The predicted molar refractivity (Wildman–Crippen MR) is 94.9 cm³/mol. The van der Waals surface area contributed by atoms with Gasteiger partial charge >= 0.3 is 0 Å². The smallest absolute Gasteiger partial charge is 0.227 e. The number of likely N-dealkylation sites (N-methyl/N-ethyl adjacent to an activating group) is 1. The maximum atomic E-state index is 6.01. The Balaban J connectivity index is 1.69. The second-order valence-corrected chi connectivity index (χ2v) is 7.29. The summed E-state index contributed by atoms with van der Waals surface area (Å²) in [5, 5.41) is 0. The first-order valence-electron chi connectivity index (χ1n) is 8.65. The van der Waals surface area contributed by atoms with Gasteiger partial charge in [0.15, 0.2) is 11.6 Å². The lowest BCUT2D eigenvalue weighted by molar-refractivity contribution is 0.254. The van der Waals surface area contributed by atoms with Crippen molar-refractivity contribution in [3.8, 4) is 5.75 Å². The molecule has 0 amide bonds. The number of ether oxygens (including phenoxy) is 1. The topological polar surface area (TPSA) is 44.7 Å². The number of anilines is 2. The Kier molecular flexibility index (Phi) is 4.24. The minimum Gasteiger partial charge on any atom is -0.474 e. The van der Waals surface area contributed by atoms with Crippen LogP contribution in [0.3, 0.4) is 0 Å². The zero-order chi connectivity index (χ0) is 15.8. The van der Waals surface area contributed by atoms with Crippen molar-refractivity contribution in [1.82, 2.24) is 14.9 Å². The molecule has 0 aromatic carbocycles. The lowest BCUT2D eigenvalue weighted by atomic mass is 10.1. The fraction of sp³-hybridized carbons (Fsp3) is 0.750. The van der Waals surface area contributed by atoms with E-state index in [1.807, 2.05) is 0 Å². The number of piperazine rings is 1. The second kappa shape index (κ2) is 6.36. The van der Waals surface area contributed by atoms with E-state index in [9.17, 15) is 0 Å².